The van der Waals surface area contributed by atoms with Gasteiger partial charge < -0.3 is 10.1 Å². The predicted molar refractivity (Wildman–Crippen MR) is 73.7 cm³/mol. The van der Waals surface area contributed by atoms with Gasteiger partial charge in [0.25, 0.3) is 0 Å². The fraction of sp³-hybridized carbons (Fsp3) is 0.429. The summed E-state index contributed by atoms with van der Waals surface area (Å²) in [6.07, 6.45) is 3.54. The van der Waals surface area contributed by atoms with Crippen LogP contribution >= 0.6 is 15.9 Å². The van der Waals surface area contributed by atoms with E-state index in [9.17, 15) is 8.78 Å². The summed E-state index contributed by atoms with van der Waals surface area (Å²) in [6, 6.07) is 1.99. The Bertz CT molecular complexity index is 467. The lowest BCUT2D eigenvalue weighted by Crippen LogP contribution is -2.26. The lowest BCUT2D eigenvalue weighted by atomic mass is 10.0. The SMILES string of the molecule is CCCNC(C1=CCCO1)c1c(F)cc(Br)cc1F. The molecule has 1 aromatic rings. The third kappa shape index (κ3) is 3.34. The summed E-state index contributed by atoms with van der Waals surface area (Å²) >= 11 is 3.09. The number of halogens is 3. The quantitative estimate of drug-likeness (QED) is 0.878. The van der Waals surface area contributed by atoms with Gasteiger partial charge in [0.05, 0.1) is 12.6 Å². The van der Waals surface area contributed by atoms with E-state index in [0.29, 0.717) is 23.4 Å². The van der Waals surface area contributed by atoms with Gasteiger partial charge in [-0.15, -0.1) is 0 Å². The normalized spacial score (nSPS) is 16.1. The van der Waals surface area contributed by atoms with Crippen LogP contribution < -0.4 is 5.32 Å². The molecule has 104 valence electrons. The minimum Gasteiger partial charge on any atom is -0.496 e. The van der Waals surface area contributed by atoms with Crippen LogP contribution in [0.25, 0.3) is 0 Å². The van der Waals surface area contributed by atoms with E-state index in [2.05, 4.69) is 21.2 Å². The molecule has 1 heterocycles. The summed E-state index contributed by atoms with van der Waals surface area (Å²) in [7, 11) is 0. The molecule has 0 aliphatic carbocycles. The zero-order valence-electron chi connectivity index (χ0n) is 10.7. The maximum absolute atomic E-state index is 14.0. The van der Waals surface area contributed by atoms with Crippen molar-refractivity contribution in [3.63, 3.8) is 0 Å². The molecule has 2 rings (SSSR count). The van der Waals surface area contributed by atoms with Crippen molar-refractivity contribution in [1.29, 1.82) is 0 Å². The van der Waals surface area contributed by atoms with Crippen molar-refractivity contribution >= 4 is 15.9 Å². The van der Waals surface area contributed by atoms with E-state index in [4.69, 9.17) is 4.74 Å². The van der Waals surface area contributed by atoms with Crippen molar-refractivity contribution in [2.24, 2.45) is 0 Å². The van der Waals surface area contributed by atoms with E-state index in [0.717, 1.165) is 12.8 Å². The second-order valence-corrected chi connectivity index (χ2v) is 5.33. The summed E-state index contributed by atoms with van der Waals surface area (Å²) in [6.45, 7) is 3.24. The average molecular weight is 332 g/mol. The summed E-state index contributed by atoms with van der Waals surface area (Å²) in [5.74, 6) is -0.540. The van der Waals surface area contributed by atoms with Crippen molar-refractivity contribution in [2.75, 3.05) is 13.2 Å². The van der Waals surface area contributed by atoms with Crippen molar-refractivity contribution < 1.29 is 13.5 Å². The van der Waals surface area contributed by atoms with E-state index in [1.807, 2.05) is 13.0 Å². The molecule has 1 aromatic carbocycles. The molecule has 5 heteroatoms. The van der Waals surface area contributed by atoms with E-state index >= 15 is 0 Å². The molecule has 0 saturated heterocycles. The van der Waals surface area contributed by atoms with Gasteiger partial charge in [-0.25, -0.2) is 8.78 Å². The molecule has 1 aliphatic rings. The molecular formula is C14H16BrF2NO. The molecule has 0 saturated carbocycles. The second kappa shape index (κ2) is 6.48. The maximum Gasteiger partial charge on any atom is 0.132 e. The first-order valence-electron chi connectivity index (χ1n) is 6.34. The maximum atomic E-state index is 14.0. The molecule has 0 spiro atoms. The van der Waals surface area contributed by atoms with Gasteiger partial charge in [0, 0.05) is 16.5 Å². The third-order valence-corrected chi connectivity index (χ3v) is 3.41. The summed E-state index contributed by atoms with van der Waals surface area (Å²) in [5.41, 5.74) is 0.0183. The second-order valence-electron chi connectivity index (χ2n) is 4.41. The van der Waals surface area contributed by atoms with Crippen molar-refractivity contribution in [1.82, 2.24) is 5.32 Å². The molecule has 0 radical (unpaired) electrons. The number of nitrogens with one attached hydrogen (secondary N) is 1. The van der Waals surface area contributed by atoms with Crippen LogP contribution in [0.15, 0.2) is 28.4 Å². The monoisotopic (exact) mass is 331 g/mol. The molecule has 0 amide bonds. The Labute approximate surface area is 120 Å². The largest absolute Gasteiger partial charge is 0.496 e. The molecule has 1 atom stereocenters. The number of rotatable bonds is 5. The molecule has 0 bridgehead atoms. The highest BCUT2D eigenvalue weighted by atomic mass is 79.9. The van der Waals surface area contributed by atoms with Crippen LogP contribution in [0.4, 0.5) is 8.78 Å². The molecule has 0 aromatic heterocycles. The van der Waals surface area contributed by atoms with Gasteiger partial charge in [0.2, 0.25) is 0 Å². The standard InChI is InChI=1S/C14H16BrF2NO/c1-2-5-18-14(12-4-3-6-19-12)13-10(16)7-9(15)8-11(13)17/h4,7-8,14,18H,2-3,5-6H2,1H3. The van der Waals surface area contributed by atoms with Crippen LogP contribution in [0.5, 0.6) is 0 Å². The van der Waals surface area contributed by atoms with E-state index in [1.165, 1.54) is 12.1 Å². The molecule has 1 aliphatic heterocycles. The lowest BCUT2D eigenvalue weighted by molar-refractivity contribution is 0.212. The number of hydrogen-bond donors (Lipinski definition) is 1. The minimum atomic E-state index is -0.572. The smallest absolute Gasteiger partial charge is 0.132 e. The fourth-order valence-electron chi connectivity index (χ4n) is 2.10. The van der Waals surface area contributed by atoms with Crippen LogP contribution in [-0.4, -0.2) is 13.2 Å². The summed E-state index contributed by atoms with van der Waals surface area (Å²) in [4.78, 5) is 0. The minimum absolute atomic E-state index is 0.0183. The number of ether oxygens (including phenoxy) is 1. The van der Waals surface area contributed by atoms with Gasteiger partial charge >= 0.3 is 0 Å². The predicted octanol–water partition coefficient (Wildman–Crippen LogP) is 4.07. The van der Waals surface area contributed by atoms with Crippen molar-refractivity contribution in [3.8, 4) is 0 Å². The zero-order chi connectivity index (χ0) is 13.8. The van der Waals surface area contributed by atoms with Crippen LogP contribution in [0.2, 0.25) is 0 Å². The Morgan fingerprint density at radius 3 is 2.58 bits per heavy atom. The first-order valence-corrected chi connectivity index (χ1v) is 7.13. The van der Waals surface area contributed by atoms with Crippen molar-refractivity contribution in [2.45, 2.75) is 25.8 Å². The molecule has 0 fully saturated rings. The first-order chi connectivity index (χ1) is 9.13. The average Bonchev–Trinajstić information content (AvgIpc) is 2.85. The Hall–Kier alpha value is -0.940. The highest BCUT2D eigenvalue weighted by Gasteiger charge is 2.26. The van der Waals surface area contributed by atoms with E-state index in [1.54, 1.807) is 0 Å². The Morgan fingerprint density at radius 1 is 1.37 bits per heavy atom. The van der Waals surface area contributed by atoms with Gasteiger partial charge in [-0.2, -0.15) is 0 Å². The van der Waals surface area contributed by atoms with Crippen LogP contribution in [-0.2, 0) is 4.74 Å². The summed E-state index contributed by atoms with van der Waals surface area (Å²) < 4.78 is 33.9. The highest BCUT2D eigenvalue weighted by molar-refractivity contribution is 9.10. The molecule has 1 unspecified atom stereocenters. The Morgan fingerprint density at radius 2 is 2.05 bits per heavy atom. The van der Waals surface area contributed by atoms with Gasteiger partial charge in [0.1, 0.15) is 17.4 Å². The number of hydrogen-bond acceptors (Lipinski definition) is 2. The summed E-state index contributed by atoms with van der Waals surface area (Å²) in [5, 5.41) is 3.14. The van der Waals surface area contributed by atoms with Gasteiger partial charge in [-0.1, -0.05) is 22.9 Å². The van der Waals surface area contributed by atoms with Crippen LogP contribution in [0.1, 0.15) is 31.4 Å². The van der Waals surface area contributed by atoms with Gasteiger partial charge in [-0.05, 0) is 31.2 Å². The number of benzene rings is 1. The zero-order valence-corrected chi connectivity index (χ0v) is 12.3. The van der Waals surface area contributed by atoms with E-state index < -0.39 is 17.7 Å². The van der Waals surface area contributed by atoms with Crippen LogP contribution in [0.3, 0.4) is 0 Å². The Kier molecular flexibility index (Phi) is 4.93. The fourth-order valence-corrected chi connectivity index (χ4v) is 2.50. The molecular weight excluding hydrogens is 316 g/mol. The highest BCUT2D eigenvalue weighted by Crippen LogP contribution is 2.31. The van der Waals surface area contributed by atoms with Crippen LogP contribution in [0, 0.1) is 11.6 Å². The van der Waals surface area contributed by atoms with Gasteiger partial charge in [-0.3, -0.25) is 0 Å². The molecule has 19 heavy (non-hydrogen) atoms. The van der Waals surface area contributed by atoms with Gasteiger partial charge in [0.15, 0.2) is 0 Å². The van der Waals surface area contributed by atoms with Crippen molar-refractivity contribution in [3.05, 3.63) is 45.6 Å². The van der Waals surface area contributed by atoms with E-state index in [-0.39, 0.29) is 5.56 Å². The lowest BCUT2D eigenvalue weighted by Gasteiger charge is -2.21. The first kappa shape index (κ1) is 14.5. The molecule has 2 nitrogen and oxygen atoms in total. The third-order valence-electron chi connectivity index (χ3n) is 2.95. The Balaban J connectivity index is 2.37. The topological polar surface area (TPSA) is 21.3 Å². The molecule has 1 N–H and O–H groups in total.